The third-order valence-electron chi connectivity index (χ3n) is 7.47. The van der Waals surface area contributed by atoms with Crippen LogP contribution in [0.2, 0.25) is 0 Å². The second kappa shape index (κ2) is 9.83. The number of nitrogens with zero attached hydrogens (tertiary/aromatic N) is 2. The molecular formula is C27H31BN4O4S. The van der Waals surface area contributed by atoms with Gasteiger partial charge in [-0.3, -0.25) is 9.69 Å². The van der Waals surface area contributed by atoms with Crippen LogP contribution in [0.15, 0.2) is 53.9 Å². The van der Waals surface area contributed by atoms with Gasteiger partial charge in [-0.15, -0.1) is 11.3 Å². The van der Waals surface area contributed by atoms with Gasteiger partial charge in [-0.1, -0.05) is 47.9 Å². The molecule has 3 aromatic rings. The molecule has 2 aliphatic rings. The van der Waals surface area contributed by atoms with E-state index in [-0.39, 0.29) is 36.4 Å². The lowest BCUT2D eigenvalue weighted by atomic mass is 9.75. The lowest BCUT2D eigenvalue weighted by molar-refractivity contribution is -0.115. The van der Waals surface area contributed by atoms with Crippen LogP contribution < -0.4 is 16.5 Å². The Balaban J connectivity index is 1.37. The molecule has 0 radical (unpaired) electrons. The van der Waals surface area contributed by atoms with E-state index in [2.05, 4.69) is 16.4 Å². The Morgan fingerprint density at radius 3 is 2.73 bits per heavy atom. The number of carbonyl (C=O) groups is 2. The average molecular weight is 518 g/mol. The molecule has 2 saturated heterocycles. The summed E-state index contributed by atoms with van der Waals surface area (Å²) in [5.74, 6) is -0.257. The van der Waals surface area contributed by atoms with Gasteiger partial charge < -0.3 is 20.9 Å². The van der Waals surface area contributed by atoms with Crippen molar-refractivity contribution in [3.05, 3.63) is 70.7 Å². The Hall–Kier alpha value is -3.37. The number of nitrogen functional groups attached to an aromatic ring is 1. The van der Waals surface area contributed by atoms with E-state index in [4.69, 9.17) is 10.5 Å². The largest absolute Gasteiger partial charge is 0.443 e. The van der Waals surface area contributed by atoms with Gasteiger partial charge in [-0.2, -0.15) is 0 Å². The molecule has 0 bridgehead atoms. The SMILES string of the molecule is Bc1cc(C2[C@@H]3CC[C@H]([C@H](O)c4ccccc4)N3C(=O)OC2(C)C)ccc1NC(=O)Cc1csc(N)n1. The van der Waals surface area contributed by atoms with Crippen LogP contribution in [-0.4, -0.2) is 52.5 Å². The molecule has 1 aromatic heterocycles. The van der Waals surface area contributed by atoms with Gasteiger partial charge in [-0.05, 0) is 43.9 Å². The van der Waals surface area contributed by atoms with Gasteiger partial charge in [0.1, 0.15) is 13.4 Å². The van der Waals surface area contributed by atoms with E-state index in [0.29, 0.717) is 17.2 Å². The van der Waals surface area contributed by atoms with Crippen LogP contribution in [0.4, 0.5) is 15.6 Å². The molecule has 4 atom stereocenters. The maximum atomic E-state index is 13.1. The van der Waals surface area contributed by atoms with Crippen LogP contribution in [-0.2, 0) is 16.0 Å². The number of rotatable bonds is 6. The van der Waals surface area contributed by atoms with E-state index in [1.54, 1.807) is 10.3 Å². The number of benzene rings is 2. The van der Waals surface area contributed by atoms with E-state index in [0.717, 1.165) is 28.7 Å². The van der Waals surface area contributed by atoms with Crippen LogP contribution in [0.1, 0.15) is 55.5 Å². The highest BCUT2D eigenvalue weighted by atomic mass is 32.1. The molecule has 0 aliphatic carbocycles. The molecule has 0 saturated carbocycles. The first-order chi connectivity index (χ1) is 17.6. The van der Waals surface area contributed by atoms with Crippen molar-refractivity contribution in [3.8, 4) is 0 Å². The molecule has 2 aliphatic heterocycles. The number of amides is 2. The zero-order valence-electron chi connectivity index (χ0n) is 21.2. The summed E-state index contributed by atoms with van der Waals surface area (Å²) in [5.41, 5.74) is 9.05. The predicted octanol–water partition coefficient (Wildman–Crippen LogP) is 2.74. The van der Waals surface area contributed by atoms with Crippen molar-refractivity contribution in [3.63, 3.8) is 0 Å². The minimum absolute atomic E-state index is 0.0976. The number of aliphatic hydroxyl groups is 1. The van der Waals surface area contributed by atoms with Gasteiger partial charge in [0.15, 0.2) is 5.13 Å². The van der Waals surface area contributed by atoms with E-state index in [1.807, 2.05) is 64.2 Å². The monoisotopic (exact) mass is 518 g/mol. The molecule has 0 spiro atoms. The smallest absolute Gasteiger partial charge is 0.410 e. The molecule has 2 aromatic carbocycles. The molecule has 1 unspecified atom stereocenters. The van der Waals surface area contributed by atoms with Crippen LogP contribution in [0.5, 0.6) is 0 Å². The fraction of sp³-hybridized carbons (Fsp3) is 0.370. The number of ether oxygens (including phenoxy) is 1. The number of nitrogens with one attached hydrogen (secondary N) is 1. The van der Waals surface area contributed by atoms with Crippen molar-refractivity contribution in [1.82, 2.24) is 9.88 Å². The predicted molar refractivity (Wildman–Crippen MR) is 147 cm³/mol. The summed E-state index contributed by atoms with van der Waals surface area (Å²) in [6.07, 6.45) is 0.450. The Morgan fingerprint density at radius 2 is 2.05 bits per heavy atom. The second-order valence-corrected chi connectivity index (χ2v) is 11.3. The summed E-state index contributed by atoms with van der Waals surface area (Å²) in [4.78, 5) is 31.6. The Kier molecular flexibility index (Phi) is 6.72. The van der Waals surface area contributed by atoms with Crippen LogP contribution in [0.25, 0.3) is 0 Å². The minimum atomic E-state index is -0.784. The third-order valence-corrected chi connectivity index (χ3v) is 8.19. The first kappa shape index (κ1) is 25.3. The van der Waals surface area contributed by atoms with Crippen molar-refractivity contribution < 1.29 is 19.4 Å². The van der Waals surface area contributed by atoms with Crippen molar-refractivity contribution in [2.24, 2.45) is 0 Å². The van der Waals surface area contributed by atoms with Crippen LogP contribution in [0.3, 0.4) is 0 Å². The summed E-state index contributed by atoms with van der Waals surface area (Å²) < 4.78 is 5.96. The summed E-state index contributed by atoms with van der Waals surface area (Å²) in [6, 6.07) is 15.0. The lowest BCUT2D eigenvalue weighted by Crippen LogP contribution is -2.58. The summed E-state index contributed by atoms with van der Waals surface area (Å²) in [6.45, 7) is 3.89. The van der Waals surface area contributed by atoms with Crippen LogP contribution in [0, 0.1) is 0 Å². The molecule has 4 N–H and O–H groups in total. The van der Waals surface area contributed by atoms with E-state index in [9.17, 15) is 14.7 Å². The summed E-state index contributed by atoms with van der Waals surface area (Å²) in [5, 5.41) is 16.3. The molecule has 5 rings (SSSR count). The van der Waals surface area contributed by atoms with Gasteiger partial charge in [0.05, 0.1) is 24.3 Å². The van der Waals surface area contributed by atoms with Gasteiger partial charge in [0.2, 0.25) is 5.91 Å². The van der Waals surface area contributed by atoms with Gasteiger partial charge >= 0.3 is 6.09 Å². The van der Waals surface area contributed by atoms with E-state index >= 15 is 0 Å². The molecule has 10 heteroatoms. The highest BCUT2D eigenvalue weighted by Gasteiger charge is 2.55. The fourth-order valence-corrected chi connectivity index (χ4v) is 6.42. The maximum Gasteiger partial charge on any atom is 0.410 e. The Bertz CT molecular complexity index is 1310. The van der Waals surface area contributed by atoms with Gasteiger partial charge in [-0.25, -0.2) is 9.78 Å². The number of aromatic nitrogens is 1. The number of nitrogens with two attached hydrogens (primary N) is 1. The highest BCUT2D eigenvalue weighted by Crippen LogP contribution is 2.48. The van der Waals surface area contributed by atoms with Crippen molar-refractivity contribution in [2.75, 3.05) is 11.1 Å². The molecule has 2 fully saturated rings. The standard InChI is InChI=1S/C27H31BN4O4S/c1-27(2)23(16-8-9-19(18(28)12-16)31-22(33)13-17-14-37-25(29)30-17)20-10-11-21(32(20)26(35)36-27)24(34)15-6-4-3-5-7-15/h3-9,12,14,20-21,23-24,34H,10-11,13,28H2,1-2H3,(H2,29,30)(H,31,33)/t20-,21+,23?,24+/m0/s1. The average Bonchev–Trinajstić information content (AvgIpc) is 3.46. The number of anilines is 2. The topological polar surface area (TPSA) is 118 Å². The second-order valence-electron chi connectivity index (χ2n) is 10.4. The Labute approximate surface area is 221 Å². The minimum Gasteiger partial charge on any atom is -0.443 e. The van der Waals surface area contributed by atoms with Crippen LogP contribution >= 0.6 is 11.3 Å². The molecule has 192 valence electrons. The number of fused-ring (bicyclic) bond motifs is 1. The third kappa shape index (κ3) is 4.95. The summed E-state index contributed by atoms with van der Waals surface area (Å²) >= 11 is 1.31. The number of thiazole rings is 1. The number of hydrogen-bond acceptors (Lipinski definition) is 7. The van der Waals surface area contributed by atoms with Crippen molar-refractivity contribution in [1.29, 1.82) is 0 Å². The molecule has 2 amide bonds. The molecule has 37 heavy (non-hydrogen) atoms. The number of aliphatic hydroxyl groups excluding tert-OH is 1. The van der Waals surface area contributed by atoms with E-state index < -0.39 is 11.7 Å². The summed E-state index contributed by atoms with van der Waals surface area (Å²) in [7, 11) is 1.95. The fourth-order valence-electron chi connectivity index (χ4n) is 5.86. The number of carbonyl (C=O) groups excluding carboxylic acids is 2. The van der Waals surface area contributed by atoms with Crippen molar-refractivity contribution in [2.45, 2.75) is 62.8 Å². The zero-order valence-corrected chi connectivity index (χ0v) is 22.0. The molecular weight excluding hydrogens is 487 g/mol. The first-order valence-electron chi connectivity index (χ1n) is 12.5. The maximum absolute atomic E-state index is 13.1. The number of hydrogen-bond donors (Lipinski definition) is 3. The lowest BCUT2D eigenvalue weighted by Gasteiger charge is -2.48. The normalized spacial score (nSPS) is 23.3. The molecule has 3 heterocycles. The van der Waals surface area contributed by atoms with Gasteiger partial charge in [0.25, 0.3) is 0 Å². The van der Waals surface area contributed by atoms with Crippen molar-refractivity contribution >= 4 is 47.5 Å². The quantitative estimate of drug-likeness (QED) is 0.432. The number of cyclic esters (lactones) is 1. The zero-order chi connectivity index (χ0) is 26.3. The molecule has 8 nitrogen and oxygen atoms in total. The van der Waals surface area contributed by atoms with Gasteiger partial charge in [0, 0.05) is 23.0 Å². The Morgan fingerprint density at radius 1 is 1.30 bits per heavy atom. The first-order valence-corrected chi connectivity index (χ1v) is 13.4. The van der Waals surface area contributed by atoms with E-state index in [1.165, 1.54) is 11.3 Å². The highest BCUT2D eigenvalue weighted by molar-refractivity contribution is 7.13.